The number of aliphatic imine (C=N–C) groups is 2. The molecule has 0 radical (unpaired) electrons. The van der Waals surface area contributed by atoms with E-state index in [9.17, 15) is 14.9 Å². The molecule has 0 saturated heterocycles. The highest BCUT2D eigenvalue weighted by Crippen LogP contribution is 2.34. The van der Waals surface area contributed by atoms with E-state index >= 15 is 0 Å². The summed E-state index contributed by atoms with van der Waals surface area (Å²) in [6, 6.07) is 5.55. The number of hydrogen-bond donors (Lipinski definition) is 0. The lowest BCUT2D eigenvalue weighted by Gasteiger charge is -2.26. The molecule has 0 aromatic heterocycles. The van der Waals surface area contributed by atoms with Gasteiger partial charge in [0.1, 0.15) is 5.92 Å². The second-order valence-electron chi connectivity index (χ2n) is 4.67. The smallest absolute Gasteiger partial charge is 0.316 e. The highest BCUT2D eigenvalue weighted by atomic mass is 32.2. The Morgan fingerprint density at radius 2 is 2.18 bits per heavy atom. The van der Waals surface area contributed by atoms with Crippen LogP contribution in [-0.2, 0) is 9.53 Å². The average molecular weight is 321 g/mol. The van der Waals surface area contributed by atoms with Crippen molar-refractivity contribution in [2.24, 2.45) is 15.9 Å². The molecule has 1 aromatic carbocycles. The summed E-state index contributed by atoms with van der Waals surface area (Å²) in [6.07, 6.45) is 1.83. The third kappa shape index (κ3) is 3.16. The van der Waals surface area contributed by atoms with Crippen molar-refractivity contribution in [1.29, 1.82) is 0 Å². The third-order valence-corrected chi connectivity index (χ3v) is 3.91. The van der Waals surface area contributed by atoms with Gasteiger partial charge in [-0.25, -0.2) is 4.99 Å². The highest BCUT2D eigenvalue weighted by Gasteiger charge is 2.36. The van der Waals surface area contributed by atoms with Crippen LogP contribution in [0.2, 0.25) is 0 Å². The molecule has 2 unspecified atom stereocenters. The summed E-state index contributed by atoms with van der Waals surface area (Å²) in [6.45, 7) is 1.73. The summed E-state index contributed by atoms with van der Waals surface area (Å²) < 4.78 is 4.83. The van der Waals surface area contributed by atoms with Crippen molar-refractivity contribution in [2.45, 2.75) is 13.0 Å². The monoisotopic (exact) mass is 321 g/mol. The molecule has 22 heavy (non-hydrogen) atoms. The Hall–Kier alpha value is -2.22. The van der Waals surface area contributed by atoms with Crippen LogP contribution in [0.1, 0.15) is 18.5 Å². The summed E-state index contributed by atoms with van der Waals surface area (Å²) in [5, 5.41) is 11.5. The van der Waals surface area contributed by atoms with Crippen LogP contribution in [0, 0.1) is 16.0 Å². The molecule has 1 heterocycles. The minimum Gasteiger partial charge on any atom is -0.468 e. The van der Waals surface area contributed by atoms with Gasteiger partial charge in [-0.15, -0.1) is 0 Å². The quantitative estimate of drug-likeness (QED) is 0.484. The molecule has 2 atom stereocenters. The Morgan fingerprint density at radius 3 is 2.77 bits per heavy atom. The number of nitro groups is 1. The molecule has 0 saturated carbocycles. The minimum absolute atomic E-state index is 0.0396. The summed E-state index contributed by atoms with van der Waals surface area (Å²) in [4.78, 5) is 31.3. The molecule has 8 heteroatoms. The number of rotatable bonds is 3. The topological polar surface area (TPSA) is 94.2 Å². The maximum absolute atomic E-state index is 12.1. The molecule has 0 fully saturated rings. The van der Waals surface area contributed by atoms with E-state index in [0.29, 0.717) is 16.4 Å². The Bertz CT molecular complexity index is 672. The first-order chi connectivity index (χ1) is 10.5. The predicted octanol–water partition coefficient (Wildman–Crippen LogP) is 2.62. The number of amidine groups is 1. The number of methoxy groups -OCH3 is 1. The Labute approximate surface area is 131 Å². The zero-order valence-corrected chi connectivity index (χ0v) is 13.2. The van der Waals surface area contributed by atoms with E-state index in [4.69, 9.17) is 4.74 Å². The van der Waals surface area contributed by atoms with E-state index in [1.54, 1.807) is 19.1 Å². The number of ether oxygens (including phenoxy) is 1. The number of carbonyl (C=O) groups is 1. The lowest BCUT2D eigenvalue weighted by Crippen LogP contribution is -2.32. The molecule has 1 aromatic rings. The first-order valence-corrected chi connectivity index (χ1v) is 7.69. The zero-order chi connectivity index (χ0) is 16.3. The van der Waals surface area contributed by atoms with Crippen LogP contribution in [0.15, 0.2) is 34.3 Å². The SMILES string of the molecule is COC(=O)C1C(C)=NC(SC)=NC1c1cccc([N+](=O)[O-])c1. The number of nitrogens with zero attached hydrogens (tertiary/aromatic N) is 3. The second-order valence-corrected chi connectivity index (χ2v) is 5.44. The molecule has 116 valence electrons. The van der Waals surface area contributed by atoms with Gasteiger partial charge in [0.2, 0.25) is 0 Å². The molecular weight excluding hydrogens is 306 g/mol. The van der Waals surface area contributed by atoms with Crippen molar-refractivity contribution in [3.05, 3.63) is 39.9 Å². The van der Waals surface area contributed by atoms with Crippen LogP contribution in [-0.4, -0.2) is 35.1 Å². The molecule has 2 rings (SSSR count). The van der Waals surface area contributed by atoms with E-state index in [2.05, 4.69) is 9.98 Å². The maximum atomic E-state index is 12.1. The average Bonchev–Trinajstić information content (AvgIpc) is 2.53. The van der Waals surface area contributed by atoms with Gasteiger partial charge in [-0.05, 0) is 18.7 Å². The van der Waals surface area contributed by atoms with E-state index in [1.165, 1.54) is 31.0 Å². The van der Waals surface area contributed by atoms with Gasteiger partial charge in [-0.2, -0.15) is 0 Å². The van der Waals surface area contributed by atoms with Gasteiger partial charge < -0.3 is 4.74 Å². The second kappa shape index (κ2) is 6.69. The number of non-ortho nitro benzene ring substituents is 1. The number of hydrogen-bond acceptors (Lipinski definition) is 7. The molecule has 0 spiro atoms. The zero-order valence-electron chi connectivity index (χ0n) is 12.3. The number of thioether (sulfide) groups is 1. The first-order valence-electron chi connectivity index (χ1n) is 6.47. The first kappa shape index (κ1) is 16.2. The van der Waals surface area contributed by atoms with Gasteiger partial charge >= 0.3 is 5.97 Å². The number of benzene rings is 1. The summed E-state index contributed by atoms with van der Waals surface area (Å²) >= 11 is 1.36. The molecule has 0 N–H and O–H groups in total. The van der Waals surface area contributed by atoms with Crippen molar-refractivity contribution in [1.82, 2.24) is 0 Å². The number of carbonyl (C=O) groups excluding carboxylic acids is 1. The van der Waals surface area contributed by atoms with Gasteiger partial charge in [-0.3, -0.25) is 19.9 Å². The Morgan fingerprint density at radius 1 is 1.45 bits per heavy atom. The van der Waals surface area contributed by atoms with Crippen LogP contribution in [0.3, 0.4) is 0 Å². The van der Waals surface area contributed by atoms with Crippen molar-refractivity contribution in [2.75, 3.05) is 13.4 Å². The molecule has 1 aliphatic rings. The fraction of sp³-hybridized carbons (Fsp3) is 0.357. The van der Waals surface area contributed by atoms with Crippen molar-refractivity contribution >= 4 is 34.3 Å². The van der Waals surface area contributed by atoms with Crippen molar-refractivity contribution < 1.29 is 14.5 Å². The Kier molecular flexibility index (Phi) is 4.92. The molecular formula is C14H15N3O4S. The summed E-state index contributed by atoms with van der Waals surface area (Å²) in [5.74, 6) is -1.13. The summed E-state index contributed by atoms with van der Waals surface area (Å²) in [5.41, 5.74) is 1.13. The highest BCUT2D eigenvalue weighted by molar-refractivity contribution is 8.13. The lowest BCUT2D eigenvalue weighted by molar-refractivity contribution is -0.384. The van der Waals surface area contributed by atoms with Crippen LogP contribution >= 0.6 is 11.8 Å². The normalized spacial score (nSPS) is 20.9. The van der Waals surface area contributed by atoms with Crippen LogP contribution in [0.5, 0.6) is 0 Å². The van der Waals surface area contributed by atoms with Crippen molar-refractivity contribution in [3.63, 3.8) is 0 Å². The van der Waals surface area contributed by atoms with Gasteiger partial charge in [-0.1, -0.05) is 23.9 Å². The van der Waals surface area contributed by atoms with Crippen LogP contribution < -0.4 is 0 Å². The van der Waals surface area contributed by atoms with Crippen LogP contribution in [0.25, 0.3) is 0 Å². The van der Waals surface area contributed by atoms with Crippen LogP contribution in [0.4, 0.5) is 5.69 Å². The predicted molar refractivity (Wildman–Crippen MR) is 85.4 cm³/mol. The largest absolute Gasteiger partial charge is 0.468 e. The number of nitro benzene ring substituents is 1. The third-order valence-electron chi connectivity index (χ3n) is 3.35. The molecule has 0 bridgehead atoms. The maximum Gasteiger partial charge on any atom is 0.316 e. The van der Waals surface area contributed by atoms with Gasteiger partial charge in [0.05, 0.1) is 18.1 Å². The fourth-order valence-electron chi connectivity index (χ4n) is 2.29. The lowest BCUT2D eigenvalue weighted by atomic mass is 9.89. The standard InChI is InChI=1S/C14H15N3O4S/c1-8-11(13(18)21-2)12(16-14(15-8)22-3)9-5-4-6-10(7-9)17(19)20/h4-7,11-12H,1-3H3. The van der Waals surface area contributed by atoms with Crippen molar-refractivity contribution in [3.8, 4) is 0 Å². The van der Waals surface area contributed by atoms with Gasteiger partial charge in [0, 0.05) is 17.8 Å². The fourth-order valence-corrected chi connectivity index (χ4v) is 2.74. The van der Waals surface area contributed by atoms with E-state index in [0.717, 1.165) is 0 Å². The van der Waals surface area contributed by atoms with E-state index < -0.39 is 22.9 Å². The van der Waals surface area contributed by atoms with Gasteiger partial charge in [0.25, 0.3) is 5.69 Å². The molecule has 7 nitrogen and oxygen atoms in total. The van der Waals surface area contributed by atoms with E-state index in [-0.39, 0.29) is 5.69 Å². The van der Waals surface area contributed by atoms with E-state index in [1.807, 2.05) is 6.26 Å². The number of esters is 1. The molecule has 0 aliphatic carbocycles. The minimum atomic E-state index is -0.678. The molecule has 1 aliphatic heterocycles. The Balaban J connectivity index is 2.50. The van der Waals surface area contributed by atoms with Gasteiger partial charge in [0.15, 0.2) is 5.17 Å². The summed E-state index contributed by atoms with van der Waals surface area (Å²) in [7, 11) is 1.30. The molecule has 0 amide bonds.